The van der Waals surface area contributed by atoms with Crippen LogP contribution in [0.5, 0.6) is 0 Å². The molecular formula is C12H16BrFN2. The lowest BCUT2D eigenvalue weighted by atomic mass is 10.1. The summed E-state index contributed by atoms with van der Waals surface area (Å²) in [6.45, 7) is 6.48. The van der Waals surface area contributed by atoms with Crippen LogP contribution in [-0.2, 0) is 6.54 Å². The van der Waals surface area contributed by atoms with Crippen LogP contribution < -0.4 is 5.32 Å². The van der Waals surface area contributed by atoms with E-state index in [-0.39, 0.29) is 5.82 Å². The van der Waals surface area contributed by atoms with Crippen LogP contribution in [0.15, 0.2) is 16.6 Å². The number of nitrogens with zero attached hydrogens (tertiary/aromatic N) is 1. The lowest BCUT2D eigenvalue weighted by Crippen LogP contribution is -2.43. The number of hydrogen-bond donors (Lipinski definition) is 1. The first-order valence-electron chi connectivity index (χ1n) is 5.54. The molecule has 1 aromatic carbocycles. The van der Waals surface area contributed by atoms with Gasteiger partial charge in [-0.1, -0.05) is 15.9 Å². The van der Waals surface area contributed by atoms with Gasteiger partial charge in [0.1, 0.15) is 5.82 Å². The topological polar surface area (TPSA) is 15.3 Å². The van der Waals surface area contributed by atoms with Crippen LogP contribution in [0.1, 0.15) is 11.1 Å². The van der Waals surface area contributed by atoms with E-state index in [1.54, 1.807) is 6.92 Å². The maximum Gasteiger partial charge on any atom is 0.130 e. The summed E-state index contributed by atoms with van der Waals surface area (Å²) >= 11 is 3.41. The van der Waals surface area contributed by atoms with Gasteiger partial charge in [0.25, 0.3) is 0 Å². The molecule has 0 atom stereocenters. The quantitative estimate of drug-likeness (QED) is 0.898. The van der Waals surface area contributed by atoms with Gasteiger partial charge in [0.15, 0.2) is 0 Å². The zero-order valence-electron chi connectivity index (χ0n) is 9.39. The zero-order chi connectivity index (χ0) is 11.5. The molecule has 1 aromatic rings. The van der Waals surface area contributed by atoms with Crippen molar-refractivity contribution in [1.82, 2.24) is 10.2 Å². The van der Waals surface area contributed by atoms with Gasteiger partial charge in [0.2, 0.25) is 0 Å². The molecule has 0 unspecified atom stereocenters. The molecule has 0 bridgehead atoms. The molecule has 4 heteroatoms. The number of aryl methyl sites for hydroxylation is 1. The SMILES string of the molecule is Cc1cc(Br)cc(CN2CCNCC2)c1F. The van der Waals surface area contributed by atoms with Crippen LogP contribution in [0.2, 0.25) is 0 Å². The van der Waals surface area contributed by atoms with E-state index in [4.69, 9.17) is 0 Å². The average Bonchev–Trinajstić information content (AvgIpc) is 2.27. The van der Waals surface area contributed by atoms with Crippen LogP contribution >= 0.6 is 15.9 Å². The van der Waals surface area contributed by atoms with Crippen molar-refractivity contribution >= 4 is 15.9 Å². The van der Waals surface area contributed by atoms with Gasteiger partial charge in [0, 0.05) is 42.8 Å². The molecule has 1 aliphatic rings. The number of halogens is 2. The second kappa shape index (κ2) is 5.25. The van der Waals surface area contributed by atoms with Gasteiger partial charge >= 0.3 is 0 Å². The van der Waals surface area contributed by atoms with E-state index >= 15 is 0 Å². The van der Waals surface area contributed by atoms with E-state index < -0.39 is 0 Å². The fourth-order valence-corrected chi connectivity index (χ4v) is 2.64. The molecule has 0 amide bonds. The summed E-state index contributed by atoms with van der Waals surface area (Å²) < 4.78 is 14.8. The van der Waals surface area contributed by atoms with Gasteiger partial charge in [-0.15, -0.1) is 0 Å². The highest BCUT2D eigenvalue weighted by Crippen LogP contribution is 2.21. The normalized spacial score (nSPS) is 17.7. The van der Waals surface area contributed by atoms with Crippen molar-refractivity contribution in [2.75, 3.05) is 26.2 Å². The number of nitrogens with one attached hydrogen (secondary N) is 1. The number of piperazine rings is 1. The van der Waals surface area contributed by atoms with Crippen molar-refractivity contribution < 1.29 is 4.39 Å². The molecule has 0 aliphatic carbocycles. The standard InChI is InChI=1S/C12H16BrFN2/c1-9-6-11(13)7-10(12(9)14)8-16-4-2-15-3-5-16/h6-7,15H,2-5,8H2,1H3. The van der Waals surface area contributed by atoms with Gasteiger partial charge in [-0.3, -0.25) is 4.90 Å². The Morgan fingerprint density at radius 2 is 2.06 bits per heavy atom. The fourth-order valence-electron chi connectivity index (χ4n) is 2.02. The maximum atomic E-state index is 13.9. The molecule has 16 heavy (non-hydrogen) atoms. The van der Waals surface area contributed by atoms with Crippen LogP contribution in [0.4, 0.5) is 4.39 Å². The number of benzene rings is 1. The fraction of sp³-hybridized carbons (Fsp3) is 0.500. The Morgan fingerprint density at radius 3 is 2.75 bits per heavy atom. The first kappa shape index (κ1) is 12.0. The third-order valence-corrected chi connectivity index (χ3v) is 3.36. The molecule has 0 radical (unpaired) electrons. The molecule has 1 saturated heterocycles. The van der Waals surface area contributed by atoms with Crippen LogP contribution in [0, 0.1) is 12.7 Å². The van der Waals surface area contributed by atoms with E-state index in [0.717, 1.165) is 36.2 Å². The summed E-state index contributed by atoms with van der Waals surface area (Å²) in [4.78, 5) is 2.28. The summed E-state index contributed by atoms with van der Waals surface area (Å²) in [5.41, 5.74) is 1.49. The lowest BCUT2D eigenvalue weighted by Gasteiger charge is -2.27. The van der Waals surface area contributed by atoms with E-state index in [0.29, 0.717) is 12.1 Å². The largest absolute Gasteiger partial charge is 0.314 e. The van der Waals surface area contributed by atoms with Gasteiger partial charge < -0.3 is 5.32 Å². The molecule has 0 saturated carbocycles. The van der Waals surface area contributed by atoms with E-state index in [9.17, 15) is 4.39 Å². The Balaban J connectivity index is 2.13. The minimum atomic E-state index is -0.0678. The van der Waals surface area contributed by atoms with Crippen LogP contribution in [0.25, 0.3) is 0 Å². The molecule has 0 spiro atoms. The van der Waals surface area contributed by atoms with Gasteiger partial charge in [0.05, 0.1) is 0 Å². The van der Waals surface area contributed by atoms with E-state index in [2.05, 4.69) is 26.1 Å². The summed E-state index contributed by atoms with van der Waals surface area (Å²) in [5.74, 6) is -0.0678. The van der Waals surface area contributed by atoms with Gasteiger partial charge in [-0.2, -0.15) is 0 Å². The van der Waals surface area contributed by atoms with E-state index in [1.165, 1.54) is 0 Å². The highest BCUT2D eigenvalue weighted by molar-refractivity contribution is 9.10. The van der Waals surface area contributed by atoms with Crippen LogP contribution in [-0.4, -0.2) is 31.1 Å². The monoisotopic (exact) mass is 286 g/mol. The Bertz CT molecular complexity index is 376. The minimum Gasteiger partial charge on any atom is -0.314 e. The molecule has 2 nitrogen and oxygen atoms in total. The first-order chi connectivity index (χ1) is 7.66. The third-order valence-electron chi connectivity index (χ3n) is 2.90. The Kier molecular flexibility index (Phi) is 3.95. The Labute approximate surface area is 104 Å². The number of rotatable bonds is 2. The average molecular weight is 287 g/mol. The molecule has 1 N–H and O–H groups in total. The molecule has 2 rings (SSSR count). The molecule has 1 fully saturated rings. The highest BCUT2D eigenvalue weighted by Gasteiger charge is 2.13. The lowest BCUT2D eigenvalue weighted by molar-refractivity contribution is 0.230. The molecular weight excluding hydrogens is 271 g/mol. The minimum absolute atomic E-state index is 0.0678. The van der Waals surface area contributed by atoms with Gasteiger partial charge in [-0.25, -0.2) is 4.39 Å². The molecule has 1 aliphatic heterocycles. The Hall–Kier alpha value is -0.450. The van der Waals surface area contributed by atoms with Crippen molar-refractivity contribution in [1.29, 1.82) is 0 Å². The predicted molar refractivity (Wildman–Crippen MR) is 67.0 cm³/mol. The van der Waals surface area contributed by atoms with Crippen molar-refractivity contribution in [3.63, 3.8) is 0 Å². The Morgan fingerprint density at radius 1 is 1.38 bits per heavy atom. The second-order valence-corrected chi connectivity index (χ2v) is 5.14. The molecule has 0 aromatic heterocycles. The molecule has 1 heterocycles. The number of hydrogen-bond acceptors (Lipinski definition) is 2. The van der Waals surface area contributed by atoms with Crippen molar-refractivity contribution in [3.05, 3.63) is 33.5 Å². The highest BCUT2D eigenvalue weighted by atomic mass is 79.9. The third kappa shape index (κ3) is 2.81. The second-order valence-electron chi connectivity index (χ2n) is 4.22. The molecule has 88 valence electrons. The summed E-state index contributed by atoms with van der Waals surface area (Å²) in [6.07, 6.45) is 0. The van der Waals surface area contributed by atoms with Crippen molar-refractivity contribution in [3.8, 4) is 0 Å². The zero-order valence-corrected chi connectivity index (χ0v) is 11.0. The summed E-state index contributed by atoms with van der Waals surface area (Å²) in [5, 5.41) is 3.29. The van der Waals surface area contributed by atoms with Crippen molar-refractivity contribution in [2.45, 2.75) is 13.5 Å². The van der Waals surface area contributed by atoms with Crippen molar-refractivity contribution in [2.24, 2.45) is 0 Å². The summed E-state index contributed by atoms with van der Waals surface area (Å²) in [6, 6.07) is 3.70. The summed E-state index contributed by atoms with van der Waals surface area (Å²) in [7, 11) is 0. The smallest absolute Gasteiger partial charge is 0.130 e. The van der Waals surface area contributed by atoms with E-state index in [1.807, 2.05) is 12.1 Å². The first-order valence-corrected chi connectivity index (χ1v) is 6.34. The maximum absolute atomic E-state index is 13.9. The van der Waals surface area contributed by atoms with Crippen LogP contribution in [0.3, 0.4) is 0 Å². The van der Waals surface area contributed by atoms with Gasteiger partial charge in [-0.05, 0) is 24.6 Å². The predicted octanol–water partition coefficient (Wildman–Crippen LogP) is 2.30.